The second-order valence-electron chi connectivity index (χ2n) is 2.60. The molecule has 0 fully saturated rings. The minimum absolute atomic E-state index is 0.324. The minimum atomic E-state index is -1.22. The molecular formula is C9H16O4. The molecule has 4 heteroatoms. The van der Waals surface area contributed by atoms with Crippen molar-refractivity contribution in [2.24, 2.45) is 0 Å². The molecule has 0 aromatic carbocycles. The standard InChI is InChI=1S/C6H14O2.C3H2O2/c1-3-6(8)4-5(2)7;1-2-3(4)5/h5-8H,3-4H2,1-2H3;1H,(H,4,5). The zero-order valence-electron chi connectivity index (χ0n) is 7.90. The van der Waals surface area contributed by atoms with Crippen LogP contribution in [0.4, 0.5) is 0 Å². The van der Waals surface area contributed by atoms with Crippen molar-refractivity contribution < 1.29 is 20.1 Å². The van der Waals surface area contributed by atoms with Crippen LogP contribution in [0, 0.1) is 12.3 Å². The van der Waals surface area contributed by atoms with Gasteiger partial charge in [0.15, 0.2) is 0 Å². The van der Waals surface area contributed by atoms with E-state index in [1.807, 2.05) is 6.92 Å². The molecule has 0 amide bonds. The SMILES string of the molecule is C#CC(=O)O.CCC(O)CC(C)O. The fourth-order valence-electron chi connectivity index (χ4n) is 0.560. The van der Waals surface area contributed by atoms with Crippen LogP contribution >= 0.6 is 0 Å². The summed E-state index contributed by atoms with van der Waals surface area (Å²) >= 11 is 0. The molecule has 0 saturated carbocycles. The van der Waals surface area contributed by atoms with E-state index >= 15 is 0 Å². The van der Waals surface area contributed by atoms with Crippen LogP contribution < -0.4 is 0 Å². The quantitative estimate of drug-likeness (QED) is 0.554. The van der Waals surface area contributed by atoms with E-state index < -0.39 is 5.97 Å². The molecular weight excluding hydrogens is 172 g/mol. The van der Waals surface area contributed by atoms with Crippen molar-refractivity contribution in [1.82, 2.24) is 0 Å². The molecule has 0 rings (SSSR count). The maximum Gasteiger partial charge on any atom is 0.381 e. The summed E-state index contributed by atoms with van der Waals surface area (Å²) in [6, 6.07) is 0. The van der Waals surface area contributed by atoms with Gasteiger partial charge in [0.25, 0.3) is 0 Å². The fourth-order valence-corrected chi connectivity index (χ4v) is 0.560. The third kappa shape index (κ3) is 18.2. The Morgan fingerprint density at radius 1 is 1.54 bits per heavy atom. The van der Waals surface area contributed by atoms with Crippen LogP contribution in [0.2, 0.25) is 0 Å². The Morgan fingerprint density at radius 3 is 2.00 bits per heavy atom. The van der Waals surface area contributed by atoms with Gasteiger partial charge in [-0.2, -0.15) is 0 Å². The molecule has 2 atom stereocenters. The second-order valence-corrected chi connectivity index (χ2v) is 2.60. The monoisotopic (exact) mass is 188 g/mol. The third-order valence-electron chi connectivity index (χ3n) is 1.21. The number of rotatable bonds is 3. The number of aliphatic hydroxyl groups is 2. The van der Waals surface area contributed by atoms with Gasteiger partial charge in [-0.25, -0.2) is 4.79 Å². The normalized spacial score (nSPS) is 13.2. The number of terminal acetylenes is 1. The minimum Gasteiger partial charge on any atom is -0.472 e. The number of aliphatic carboxylic acids is 1. The fraction of sp³-hybridized carbons (Fsp3) is 0.667. The molecule has 0 aliphatic heterocycles. The van der Waals surface area contributed by atoms with Crippen LogP contribution in [-0.4, -0.2) is 33.5 Å². The lowest BCUT2D eigenvalue weighted by molar-refractivity contribution is -0.130. The molecule has 0 aliphatic carbocycles. The van der Waals surface area contributed by atoms with Gasteiger partial charge in [-0.05, 0) is 19.8 Å². The van der Waals surface area contributed by atoms with Gasteiger partial charge in [0.1, 0.15) is 0 Å². The van der Waals surface area contributed by atoms with Crippen molar-refractivity contribution in [3.05, 3.63) is 0 Å². The smallest absolute Gasteiger partial charge is 0.381 e. The Morgan fingerprint density at radius 2 is 1.92 bits per heavy atom. The number of aliphatic hydroxyl groups excluding tert-OH is 2. The Bertz CT molecular complexity index is 169. The topological polar surface area (TPSA) is 77.8 Å². The largest absolute Gasteiger partial charge is 0.472 e. The predicted octanol–water partition coefficient (Wildman–Crippen LogP) is 0.232. The number of hydrogen-bond acceptors (Lipinski definition) is 3. The van der Waals surface area contributed by atoms with Gasteiger partial charge in [-0.1, -0.05) is 6.92 Å². The highest BCUT2D eigenvalue weighted by Crippen LogP contribution is 1.99. The molecule has 0 radical (unpaired) electrons. The average Bonchev–Trinajstić information content (AvgIpc) is 2.04. The van der Waals surface area contributed by atoms with Gasteiger partial charge in [-0.3, -0.25) is 0 Å². The van der Waals surface area contributed by atoms with E-state index in [1.165, 1.54) is 5.92 Å². The van der Waals surface area contributed by atoms with E-state index in [0.717, 1.165) is 6.42 Å². The number of carboxylic acid groups (broad SMARTS) is 1. The first kappa shape index (κ1) is 14.5. The van der Waals surface area contributed by atoms with Crippen LogP contribution in [0.3, 0.4) is 0 Å². The molecule has 0 aromatic rings. The summed E-state index contributed by atoms with van der Waals surface area (Å²) in [6.07, 6.45) is 4.85. The first-order valence-electron chi connectivity index (χ1n) is 3.99. The first-order valence-corrected chi connectivity index (χ1v) is 3.99. The Balaban J connectivity index is 0. The van der Waals surface area contributed by atoms with E-state index in [4.69, 9.17) is 20.1 Å². The molecule has 0 aromatic heterocycles. The summed E-state index contributed by atoms with van der Waals surface area (Å²) in [6.45, 7) is 3.58. The first-order chi connectivity index (χ1) is 5.93. The van der Waals surface area contributed by atoms with Crippen LogP contribution in [0.25, 0.3) is 0 Å². The summed E-state index contributed by atoms with van der Waals surface area (Å²) < 4.78 is 0. The molecule has 76 valence electrons. The maximum atomic E-state index is 9.13. The van der Waals surface area contributed by atoms with Gasteiger partial charge >= 0.3 is 5.97 Å². The molecule has 2 unspecified atom stereocenters. The Kier molecular flexibility index (Phi) is 10.1. The summed E-state index contributed by atoms with van der Waals surface area (Å²) in [5.74, 6) is 0.227. The van der Waals surface area contributed by atoms with Crippen LogP contribution in [0.1, 0.15) is 26.7 Å². The van der Waals surface area contributed by atoms with Crippen molar-refractivity contribution in [1.29, 1.82) is 0 Å². The molecule has 3 N–H and O–H groups in total. The lowest BCUT2D eigenvalue weighted by Crippen LogP contribution is -2.13. The number of carboxylic acids is 1. The zero-order valence-corrected chi connectivity index (χ0v) is 7.90. The van der Waals surface area contributed by atoms with Crippen molar-refractivity contribution in [3.63, 3.8) is 0 Å². The molecule has 0 heterocycles. The second kappa shape index (κ2) is 9.04. The molecule has 0 aliphatic rings. The highest BCUT2D eigenvalue weighted by molar-refractivity contribution is 5.85. The van der Waals surface area contributed by atoms with Crippen LogP contribution in [0.15, 0.2) is 0 Å². The van der Waals surface area contributed by atoms with E-state index in [-0.39, 0.29) is 12.2 Å². The molecule has 0 spiro atoms. The van der Waals surface area contributed by atoms with Crippen molar-refractivity contribution >= 4 is 5.97 Å². The third-order valence-corrected chi connectivity index (χ3v) is 1.21. The number of carbonyl (C=O) groups is 1. The average molecular weight is 188 g/mol. The summed E-state index contributed by atoms with van der Waals surface area (Å²) in [5, 5.41) is 25.0. The van der Waals surface area contributed by atoms with Gasteiger partial charge in [0.05, 0.1) is 12.2 Å². The highest BCUT2D eigenvalue weighted by atomic mass is 16.4. The molecule has 13 heavy (non-hydrogen) atoms. The predicted molar refractivity (Wildman–Crippen MR) is 49.1 cm³/mol. The summed E-state index contributed by atoms with van der Waals surface area (Å²) in [7, 11) is 0. The summed E-state index contributed by atoms with van der Waals surface area (Å²) in [4.78, 5) is 9.13. The van der Waals surface area contributed by atoms with Gasteiger partial charge in [-0.15, -0.1) is 6.42 Å². The zero-order chi connectivity index (χ0) is 10.9. The van der Waals surface area contributed by atoms with Crippen molar-refractivity contribution in [2.45, 2.75) is 38.9 Å². The lowest BCUT2D eigenvalue weighted by atomic mass is 10.1. The van der Waals surface area contributed by atoms with Crippen LogP contribution in [-0.2, 0) is 4.79 Å². The Hall–Kier alpha value is -1.05. The van der Waals surface area contributed by atoms with Gasteiger partial charge < -0.3 is 15.3 Å². The lowest BCUT2D eigenvalue weighted by Gasteiger charge is -2.08. The van der Waals surface area contributed by atoms with Crippen molar-refractivity contribution in [3.8, 4) is 12.3 Å². The van der Waals surface area contributed by atoms with Gasteiger partial charge in [0.2, 0.25) is 0 Å². The van der Waals surface area contributed by atoms with E-state index in [1.54, 1.807) is 6.92 Å². The van der Waals surface area contributed by atoms with E-state index in [0.29, 0.717) is 6.42 Å². The Labute approximate surface area is 78.2 Å². The molecule has 0 bridgehead atoms. The number of hydrogen-bond donors (Lipinski definition) is 3. The van der Waals surface area contributed by atoms with Crippen LogP contribution in [0.5, 0.6) is 0 Å². The van der Waals surface area contributed by atoms with E-state index in [9.17, 15) is 0 Å². The molecule has 4 nitrogen and oxygen atoms in total. The van der Waals surface area contributed by atoms with Gasteiger partial charge in [0, 0.05) is 5.92 Å². The highest BCUT2D eigenvalue weighted by Gasteiger charge is 2.03. The molecule has 0 saturated heterocycles. The van der Waals surface area contributed by atoms with Crippen molar-refractivity contribution in [2.75, 3.05) is 0 Å². The van der Waals surface area contributed by atoms with E-state index in [2.05, 4.69) is 6.42 Å². The summed E-state index contributed by atoms with van der Waals surface area (Å²) in [5.41, 5.74) is 0. The maximum absolute atomic E-state index is 9.13.